The highest BCUT2D eigenvalue weighted by molar-refractivity contribution is 9.10. The summed E-state index contributed by atoms with van der Waals surface area (Å²) in [6.07, 6.45) is 0. The van der Waals surface area contributed by atoms with Gasteiger partial charge in [-0.3, -0.25) is 0 Å². The minimum absolute atomic E-state index is 0. The Morgan fingerprint density at radius 1 is 1.50 bits per heavy atom. The highest BCUT2D eigenvalue weighted by Crippen LogP contribution is 2.36. The molecule has 1 aromatic carbocycles. The molecule has 0 saturated heterocycles. The number of halogens is 3. The van der Waals surface area contributed by atoms with Gasteiger partial charge in [-0.2, -0.15) is 0 Å². The lowest BCUT2D eigenvalue weighted by Crippen LogP contribution is -2.15. The van der Waals surface area contributed by atoms with Crippen molar-refractivity contribution < 1.29 is 10.2 Å². The van der Waals surface area contributed by atoms with Crippen LogP contribution in [0.15, 0.2) is 16.6 Å². The minimum atomic E-state index is -0.662. The largest absolute Gasteiger partial charge is 0.506 e. The van der Waals surface area contributed by atoms with Crippen LogP contribution in [0.3, 0.4) is 0 Å². The SMILES string of the molecule is Cl.N[C@@H](CO)c1c(Cl)ccc(Br)c1O. The van der Waals surface area contributed by atoms with Crippen molar-refractivity contribution in [3.05, 3.63) is 27.2 Å². The van der Waals surface area contributed by atoms with Crippen LogP contribution < -0.4 is 5.73 Å². The molecule has 3 nitrogen and oxygen atoms in total. The van der Waals surface area contributed by atoms with Crippen LogP contribution in [0.25, 0.3) is 0 Å². The van der Waals surface area contributed by atoms with Crippen LogP contribution in [0.1, 0.15) is 11.6 Å². The number of phenols is 1. The van der Waals surface area contributed by atoms with E-state index in [1.165, 1.54) is 0 Å². The van der Waals surface area contributed by atoms with E-state index in [1.54, 1.807) is 12.1 Å². The maximum Gasteiger partial charge on any atom is 0.136 e. The molecular weight excluding hydrogens is 293 g/mol. The molecule has 14 heavy (non-hydrogen) atoms. The van der Waals surface area contributed by atoms with Crippen LogP contribution in [-0.2, 0) is 0 Å². The first-order valence-corrected chi connectivity index (χ1v) is 4.78. The van der Waals surface area contributed by atoms with Crippen molar-refractivity contribution in [1.29, 1.82) is 0 Å². The molecule has 1 atom stereocenters. The first-order valence-electron chi connectivity index (χ1n) is 3.61. The molecule has 0 amide bonds. The molecule has 0 radical (unpaired) electrons. The fourth-order valence-electron chi connectivity index (χ4n) is 1.00. The third-order valence-electron chi connectivity index (χ3n) is 1.68. The van der Waals surface area contributed by atoms with Crippen LogP contribution in [0.2, 0.25) is 5.02 Å². The van der Waals surface area contributed by atoms with E-state index in [9.17, 15) is 5.11 Å². The molecule has 0 bridgehead atoms. The van der Waals surface area contributed by atoms with Crippen molar-refractivity contribution in [2.24, 2.45) is 5.73 Å². The second-order valence-corrected chi connectivity index (χ2v) is 3.84. The number of benzene rings is 1. The van der Waals surface area contributed by atoms with Gasteiger partial charge in [0, 0.05) is 10.6 Å². The number of hydrogen-bond acceptors (Lipinski definition) is 3. The van der Waals surface area contributed by atoms with Gasteiger partial charge in [0.1, 0.15) is 5.75 Å². The van der Waals surface area contributed by atoms with Gasteiger partial charge >= 0.3 is 0 Å². The summed E-state index contributed by atoms with van der Waals surface area (Å²) >= 11 is 8.94. The van der Waals surface area contributed by atoms with E-state index in [2.05, 4.69) is 15.9 Å². The second kappa shape index (κ2) is 5.78. The standard InChI is InChI=1S/C8H9BrClNO2.ClH/c9-4-1-2-5(10)7(8(4)13)6(11)3-12;/h1-2,6,12-13H,3,11H2;1H/t6-;/m0./s1. The lowest BCUT2D eigenvalue weighted by molar-refractivity contribution is 0.265. The number of rotatable bonds is 2. The molecule has 1 rings (SSSR count). The summed E-state index contributed by atoms with van der Waals surface area (Å²) in [7, 11) is 0. The van der Waals surface area contributed by atoms with Crippen molar-refractivity contribution in [2.45, 2.75) is 6.04 Å². The zero-order valence-corrected chi connectivity index (χ0v) is 10.2. The molecule has 0 spiro atoms. The van der Waals surface area contributed by atoms with Gasteiger partial charge in [-0.15, -0.1) is 12.4 Å². The maximum atomic E-state index is 9.56. The monoisotopic (exact) mass is 301 g/mol. The summed E-state index contributed by atoms with van der Waals surface area (Å²) in [5.74, 6) is -0.0194. The van der Waals surface area contributed by atoms with Gasteiger partial charge in [-0.25, -0.2) is 0 Å². The van der Waals surface area contributed by atoms with E-state index < -0.39 is 6.04 Å². The Labute approximate surface area is 101 Å². The predicted octanol–water partition coefficient (Wildman–Crippen LogP) is 2.22. The third-order valence-corrected chi connectivity index (χ3v) is 2.65. The highest BCUT2D eigenvalue weighted by atomic mass is 79.9. The van der Waals surface area contributed by atoms with E-state index in [1.807, 2.05) is 0 Å². The quantitative estimate of drug-likeness (QED) is 0.785. The summed E-state index contributed by atoms with van der Waals surface area (Å²) in [5.41, 5.74) is 5.91. The van der Waals surface area contributed by atoms with Gasteiger partial charge in [-0.05, 0) is 28.1 Å². The van der Waals surface area contributed by atoms with Crippen LogP contribution >= 0.6 is 39.9 Å². The summed E-state index contributed by atoms with van der Waals surface area (Å²) in [6, 6.07) is 2.56. The van der Waals surface area contributed by atoms with E-state index in [0.717, 1.165) is 0 Å². The maximum absolute atomic E-state index is 9.56. The smallest absolute Gasteiger partial charge is 0.136 e. The zero-order chi connectivity index (χ0) is 10.0. The molecule has 0 fully saturated rings. The van der Waals surface area contributed by atoms with Gasteiger partial charge in [0.05, 0.1) is 17.1 Å². The van der Waals surface area contributed by atoms with Gasteiger partial charge < -0.3 is 15.9 Å². The number of phenolic OH excluding ortho intramolecular Hbond substituents is 1. The van der Waals surface area contributed by atoms with E-state index in [-0.39, 0.29) is 24.8 Å². The van der Waals surface area contributed by atoms with Crippen molar-refractivity contribution in [1.82, 2.24) is 0 Å². The average molecular weight is 303 g/mol. The Bertz CT molecular complexity index is 322. The molecule has 0 heterocycles. The van der Waals surface area contributed by atoms with Crippen LogP contribution in [0.5, 0.6) is 5.75 Å². The van der Waals surface area contributed by atoms with Gasteiger partial charge in [0.15, 0.2) is 0 Å². The minimum Gasteiger partial charge on any atom is -0.506 e. The lowest BCUT2D eigenvalue weighted by Gasteiger charge is -2.13. The summed E-state index contributed by atoms with van der Waals surface area (Å²) in [4.78, 5) is 0. The Morgan fingerprint density at radius 2 is 2.07 bits per heavy atom. The van der Waals surface area contributed by atoms with E-state index >= 15 is 0 Å². The number of hydrogen-bond donors (Lipinski definition) is 3. The lowest BCUT2D eigenvalue weighted by atomic mass is 10.1. The Hall–Kier alpha value is -0.000000000000000111. The Morgan fingerprint density at radius 3 is 2.57 bits per heavy atom. The fourth-order valence-corrected chi connectivity index (χ4v) is 1.64. The molecule has 1 aromatic rings. The highest BCUT2D eigenvalue weighted by Gasteiger charge is 2.16. The van der Waals surface area contributed by atoms with Crippen molar-refractivity contribution in [2.75, 3.05) is 6.61 Å². The molecule has 0 aliphatic heterocycles. The van der Waals surface area contributed by atoms with Crippen LogP contribution in [0.4, 0.5) is 0 Å². The van der Waals surface area contributed by atoms with Crippen LogP contribution in [0, 0.1) is 0 Å². The molecule has 6 heteroatoms. The molecule has 4 N–H and O–H groups in total. The zero-order valence-electron chi connectivity index (χ0n) is 7.08. The first-order chi connectivity index (χ1) is 6.07. The van der Waals surface area contributed by atoms with Gasteiger partial charge in [0.25, 0.3) is 0 Å². The van der Waals surface area contributed by atoms with Crippen molar-refractivity contribution >= 4 is 39.9 Å². The Balaban J connectivity index is 0.00000169. The van der Waals surface area contributed by atoms with Crippen LogP contribution in [-0.4, -0.2) is 16.8 Å². The molecule has 0 saturated carbocycles. The summed E-state index contributed by atoms with van der Waals surface area (Å²) in [5, 5.41) is 18.7. The first kappa shape index (κ1) is 14.0. The van der Waals surface area contributed by atoms with Crippen molar-refractivity contribution in [3.63, 3.8) is 0 Å². The number of aliphatic hydroxyl groups is 1. The Kier molecular flexibility index (Phi) is 5.78. The topological polar surface area (TPSA) is 66.5 Å². The van der Waals surface area contributed by atoms with Gasteiger partial charge in [0.2, 0.25) is 0 Å². The number of aliphatic hydroxyl groups excluding tert-OH is 1. The molecule has 0 aromatic heterocycles. The normalized spacial score (nSPS) is 12.0. The number of aromatic hydroxyl groups is 1. The third kappa shape index (κ3) is 2.74. The summed E-state index contributed by atoms with van der Waals surface area (Å²) in [6.45, 7) is -0.260. The second-order valence-electron chi connectivity index (χ2n) is 2.58. The van der Waals surface area contributed by atoms with Crippen molar-refractivity contribution in [3.8, 4) is 5.75 Å². The predicted molar refractivity (Wildman–Crippen MR) is 62.1 cm³/mol. The number of nitrogens with two attached hydrogens (primary N) is 1. The molecule has 0 unspecified atom stereocenters. The summed E-state index contributed by atoms with van der Waals surface area (Å²) < 4.78 is 0.510. The van der Waals surface area contributed by atoms with E-state index in [4.69, 9.17) is 22.4 Å². The molecule has 80 valence electrons. The molecule has 0 aliphatic rings. The molecular formula is C8H10BrCl2NO2. The fraction of sp³-hybridized carbons (Fsp3) is 0.250. The van der Waals surface area contributed by atoms with Gasteiger partial charge in [-0.1, -0.05) is 11.6 Å². The average Bonchev–Trinajstić information content (AvgIpc) is 2.12. The molecule has 0 aliphatic carbocycles. The van der Waals surface area contributed by atoms with E-state index in [0.29, 0.717) is 15.1 Å².